The summed E-state index contributed by atoms with van der Waals surface area (Å²) in [5, 5.41) is 0. The molecule has 0 aliphatic heterocycles. The third-order valence-corrected chi connectivity index (χ3v) is 10.1. The summed E-state index contributed by atoms with van der Waals surface area (Å²) in [5.41, 5.74) is 0.710. The maximum absolute atomic E-state index is 12.5. The van der Waals surface area contributed by atoms with E-state index in [9.17, 15) is 4.57 Å². The molecule has 1 atom stereocenters. The van der Waals surface area contributed by atoms with Crippen LogP contribution >= 0.6 is 28.5 Å². The van der Waals surface area contributed by atoms with Gasteiger partial charge in [-0.25, -0.2) is 0 Å². The Hall–Kier alpha value is -0.430. The normalized spacial score (nSPS) is 13.6. The van der Waals surface area contributed by atoms with Gasteiger partial charge in [0.15, 0.2) is 0 Å². The van der Waals surface area contributed by atoms with Crippen LogP contribution in [0.2, 0.25) is 0 Å². The standard InChI is InChI=1S/C13H23N2O4PS2/c1-5-8-21-20(16,17-4)22-10-11-9-12(18-6-2)15-13(14-11)19-7-3/h9H,5-8,10H2,1-4H3. The van der Waals surface area contributed by atoms with Crippen LogP contribution in [0.4, 0.5) is 0 Å². The van der Waals surface area contributed by atoms with E-state index in [1.807, 2.05) is 20.8 Å². The second-order valence-corrected chi connectivity index (χ2v) is 11.7. The maximum atomic E-state index is 12.5. The van der Waals surface area contributed by atoms with E-state index < -0.39 is 5.77 Å². The largest absolute Gasteiger partial charge is 0.478 e. The van der Waals surface area contributed by atoms with Gasteiger partial charge in [0, 0.05) is 24.7 Å². The summed E-state index contributed by atoms with van der Waals surface area (Å²) >= 11 is 2.63. The predicted molar refractivity (Wildman–Crippen MR) is 93.0 cm³/mol. The average molecular weight is 366 g/mol. The molecule has 0 aromatic carbocycles. The minimum Gasteiger partial charge on any atom is -0.478 e. The molecule has 126 valence electrons. The number of nitrogens with zero attached hydrogens (tertiary/aromatic N) is 2. The highest BCUT2D eigenvalue weighted by atomic mass is 33.1. The first kappa shape index (κ1) is 19.6. The van der Waals surface area contributed by atoms with Crippen LogP contribution in [0.25, 0.3) is 0 Å². The predicted octanol–water partition coefficient (Wildman–Crippen LogP) is 4.40. The fraction of sp³-hybridized carbons (Fsp3) is 0.692. The first-order valence-electron chi connectivity index (χ1n) is 7.15. The Bertz CT molecular complexity index is 481. The molecule has 0 fully saturated rings. The molecule has 0 amide bonds. The van der Waals surface area contributed by atoms with Gasteiger partial charge >= 0.3 is 11.8 Å². The zero-order valence-electron chi connectivity index (χ0n) is 13.4. The third kappa shape index (κ3) is 6.77. The SMILES string of the molecule is CCCSP(=O)(OC)SCc1cc(OCC)nc(OCC)n1. The van der Waals surface area contributed by atoms with E-state index in [4.69, 9.17) is 14.0 Å². The Labute approximate surface area is 140 Å². The second kappa shape index (κ2) is 10.4. The van der Waals surface area contributed by atoms with Gasteiger partial charge < -0.3 is 14.0 Å². The van der Waals surface area contributed by atoms with Crippen molar-refractivity contribution in [1.82, 2.24) is 9.97 Å². The molecule has 0 aliphatic rings. The fourth-order valence-electron chi connectivity index (χ4n) is 1.43. The highest BCUT2D eigenvalue weighted by Gasteiger charge is 2.23. The van der Waals surface area contributed by atoms with Crippen molar-refractivity contribution in [3.63, 3.8) is 0 Å². The molecule has 0 bridgehead atoms. The molecule has 0 saturated heterocycles. The number of rotatable bonds is 11. The summed E-state index contributed by atoms with van der Waals surface area (Å²) in [4.78, 5) is 8.46. The van der Waals surface area contributed by atoms with E-state index in [1.54, 1.807) is 6.07 Å². The van der Waals surface area contributed by atoms with Crippen molar-refractivity contribution in [3.8, 4) is 11.9 Å². The topological polar surface area (TPSA) is 70.5 Å². The van der Waals surface area contributed by atoms with Crippen LogP contribution in [0, 0.1) is 0 Å². The van der Waals surface area contributed by atoms with E-state index in [0.29, 0.717) is 30.5 Å². The zero-order valence-corrected chi connectivity index (χ0v) is 15.9. The molecule has 9 heteroatoms. The lowest BCUT2D eigenvalue weighted by molar-refractivity contribution is 0.288. The van der Waals surface area contributed by atoms with Crippen LogP contribution in [-0.2, 0) is 14.8 Å². The van der Waals surface area contributed by atoms with Gasteiger partial charge in [0.05, 0.1) is 18.9 Å². The second-order valence-electron chi connectivity index (χ2n) is 4.08. The minimum absolute atomic E-state index is 0.275. The highest BCUT2D eigenvalue weighted by Crippen LogP contribution is 2.70. The van der Waals surface area contributed by atoms with Crippen molar-refractivity contribution in [2.45, 2.75) is 32.9 Å². The van der Waals surface area contributed by atoms with Gasteiger partial charge in [-0.2, -0.15) is 9.97 Å². The summed E-state index contributed by atoms with van der Waals surface area (Å²) in [6.07, 6.45) is 0.953. The Morgan fingerprint density at radius 3 is 2.45 bits per heavy atom. The third-order valence-electron chi connectivity index (χ3n) is 2.35. The van der Waals surface area contributed by atoms with Crippen molar-refractivity contribution >= 4 is 28.5 Å². The molecule has 0 saturated carbocycles. The Morgan fingerprint density at radius 1 is 1.14 bits per heavy atom. The lowest BCUT2D eigenvalue weighted by Gasteiger charge is -2.14. The first-order valence-corrected chi connectivity index (χ1v) is 12.0. The molecule has 1 rings (SSSR count). The molecule has 22 heavy (non-hydrogen) atoms. The number of ether oxygens (including phenoxy) is 2. The van der Waals surface area contributed by atoms with Gasteiger partial charge in [0.1, 0.15) is 0 Å². The molecule has 6 nitrogen and oxygen atoms in total. The number of aromatic nitrogens is 2. The summed E-state index contributed by atoms with van der Waals surface area (Å²) in [6.45, 7) is 6.79. The van der Waals surface area contributed by atoms with E-state index in [-0.39, 0.29) is 6.01 Å². The number of hydrogen-bond acceptors (Lipinski definition) is 8. The monoisotopic (exact) mass is 366 g/mol. The Kier molecular flexibility index (Phi) is 9.24. The summed E-state index contributed by atoms with van der Waals surface area (Å²) in [7, 11) is 1.48. The molecule has 0 aliphatic carbocycles. The van der Waals surface area contributed by atoms with Crippen molar-refractivity contribution in [3.05, 3.63) is 11.8 Å². The Balaban J connectivity index is 2.80. The van der Waals surface area contributed by atoms with Crippen molar-refractivity contribution in [2.24, 2.45) is 0 Å². The van der Waals surface area contributed by atoms with Crippen LogP contribution in [0.3, 0.4) is 0 Å². The first-order chi connectivity index (χ1) is 10.6. The van der Waals surface area contributed by atoms with Crippen LogP contribution in [0.5, 0.6) is 11.9 Å². The molecule has 1 aromatic heterocycles. The van der Waals surface area contributed by atoms with E-state index >= 15 is 0 Å². The summed E-state index contributed by atoms with van der Waals surface area (Å²) in [5.74, 6) is -1.04. The summed E-state index contributed by atoms with van der Waals surface area (Å²) < 4.78 is 28.5. The maximum Gasteiger partial charge on any atom is 0.319 e. The lowest BCUT2D eigenvalue weighted by Crippen LogP contribution is -2.03. The fourth-order valence-corrected chi connectivity index (χ4v) is 7.32. The van der Waals surface area contributed by atoms with Gasteiger partial charge in [0.2, 0.25) is 5.88 Å². The molecule has 0 N–H and O–H groups in total. The zero-order chi connectivity index (χ0) is 16.4. The molecule has 1 unspecified atom stereocenters. The van der Waals surface area contributed by atoms with Crippen molar-refractivity contribution < 1.29 is 18.6 Å². The molecular formula is C13H23N2O4PS2. The van der Waals surface area contributed by atoms with Gasteiger partial charge in [-0.05, 0) is 20.3 Å². The molecule has 0 radical (unpaired) electrons. The summed E-state index contributed by atoms with van der Waals surface area (Å²) in [6, 6.07) is 2.02. The van der Waals surface area contributed by atoms with Gasteiger partial charge in [-0.15, -0.1) is 0 Å². The molecular weight excluding hydrogens is 343 g/mol. The van der Waals surface area contributed by atoms with E-state index in [1.165, 1.54) is 29.9 Å². The van der Waals surface area contributed by atoms with Gasteiger partial charge in [0.25, 0.3) is 0 Å². The van der Waals surface area contributed by atoms with Crippen LogP contribution in [-0.4, -0.2) is 36.0 Å². The van der Waals surface area contributed by atoms with Crippen LogP contribution < -0.4 is 9.47 Å². The molecule has 1 aromatic rings. The van der Waals surface area contributed by atoms with Crippen LogP contribution in [0.1, 0.15) is 32.9 Å². The average Bonchev–Trinajstić information content (AvgIpc) is 2.51. The van der Waals surface area contributed by atoms with Gasteiger partial charge in [-0.1, -0.05) is 29.7 Å². The molecule has 1 heterocycles. The quantitative estimate of drug-likeness (QED) is 0.534. The van der Waals surface area contributed by atoms with Crippen molar-refractivity contribution in [2.75, 3.05) is 26.1 Å². The van der Waals surface area contributed by atoms with Crippen LogP contribution in [0.15, 0.2) is 6.07 Å². The van der Waals surface area contributed by atoms with Gasteiger partial charge in [-0.3, -0.25) is 4.57 Å². The molecule has 0 spiro atoms. The van der Waals surface area contributed by atoms with E-state index in [0.717, 1.165) is 12.2 Å². The Morgan fingerprint density at radius 2 is 1.86 bits per heavy atom. The van der Waals surface area contributed by atoms with E-state index in [2.05, 4.69) is 9.97 Å². The smallest absolute Gasteiger partial charge is 0.319 e. The number of hydrogen-bond donors (Lipinski definition) is 0. The minimum atomic E-state index is -2.75. The highest BCUT2D eigenvalue weighted by molar-refractivity contribution is 8.89. The van der Waals surface area contributed by atoms with Crippen molar-refractivity contribution in [1.29, 1.82) is 0 Å². The lowest BCUT2D eigenvalue weighted by atomic mass is 10.4.